The lowest BCUT2D eigenvalue weighted by molar-refractivity contribution is -0.142. The lowest BCUT2D eigenvalue weighted by Crippen LogP contribution is -2.43. The largest absolute Gasteiger partial charge is 0.480 e. The van der Waals surface area contributed by atoms with Crippen LogP contribution in [0.1, 0.15) is 77.0 Å². The highest BCUT2D eigenvalue weighted by Gasteiger charge is 2.44. The highest BCUT2D eigenvalue weighted by molar-refractivity contribution is 5.74. The van der Waals surface area contributed by atoms with Crippen molar-refractivity contribution in [2.75, 3.05) is 6.54 Å². The van der Waals surface area contributed by atoms with Gasteiger partial charge in [-0.3, -0.25) is 9.69 Å². The minimum Gasteiger partial charge on any atom is -0.480 e. The number of hydrogen-bond donors (Lipinski definition) is 1. The molecule has 0 aromatic carbocycles. The number of likely N-dealkylation sites (tertiary alicyclic amines) is 1. The van der Waals surface area contributed by atoms with Crippen molar-refractivity contribution < 1.29 is 9.90 Å². The van der Waals surface area contributed by atoms with Crippen molar-refractivity contribution in [1.82, 2.24) is 4.90 Å². The van der Waals surface area contributed by atoms with Gasteiger partial charge in [0.25, 0.3) is 0 Å². The van der Waals surface area contributed by atoms with Crippen LogP contribution in [0.4, 0.5) is 0 Å². The Balaban J connectivity index is 1.59. The zero-order valence-corrected chi connectivity index (χ0v) is 13.3. The van der Waals surface area contributed by atoms with Crippen molar-refractivity contribution in [3.05, 3.63) is 0 Å². The molecule has 2 saturated carbocycles. The molecule has 3 unspecified atom stereocenters. The zero-order chi connectivity index (χ0) is 14.7. The van der Waals surface area contributed by atoms with E-state index in [0.29, 0.717) is 12.0 Å². The Morgan fingerprint density at radius 1 is 0.952 bits per heavy atom. The van der Waals surface area contributed by atoms with Gasteiger partial charge in [0.15, 0.2) is 0 Å². The third-order valence-electron chi connectivity index (χ3n) is 6.28. The molecule has 0 aromatic heterocycles. The van der Waals surface area contributed by atoms with E-state index in [-0.39, 0.29) is 6.04 Å². The number of nitrogens with zero attached hydrogens (tertiary/aromatic N) is 1. The fourth-order valence-electron chi connectivity index (χ4n) is 5.10. The minimum absolute atomic E-state index is 0.191. The summed E-state index contributed by atoms with van der Waals surface area (Å²) in [4.78, 5) is 14.0. The Bertz CT molecular complexity index is 349. The highest BCUT2D eigenvalue weighted by atomic mass is 16.4. The first-order valence-corrected chi connectivity index (χ1v) is 9.24. The van der Waals surface area contributed by atoms with Crippen LogP contribution in [0.15, 0.2) is 0 Å². The molecule has 1 heterocycles. The first kappa shape index (κ1) is 15.3. The Labute approximate surface area is 129 Å². The van der Waals surface area contributed by atoms with E-state index in [1.165, 1.54) is 70.6 Å². The topological polar surface area (TPSA) is 40.5 Å². The third kappa shape index (κ3) is 3.61. The molecule has 1 saturated heterocycles. The molecule has 2 aliphatic carbocycles. The SMILES string of the molecule is O=C(O)C1CC2CCCCC2N1CCC1CCCCCC1. The summed E-state index contributed by atoms with van der Waals surface area (Å²) in [5.74, 6) is 0.934. The van der Waals surface area contributed by atoms with E-state index in [4.69, 9.17) is 0 Å². The van der Waals surface area contributed by atoms with Gasteiger partial charge in [-0.2, -0.15) is 0 Å². The number of carboxylic acid groups (broad SMARTS) is 1. The van der Waals surface area contributed by atoms with Gasteiger partial charge in [-0.15, -0.1) is 0 Å². The predicted octanol–water partition coefficient (Wildman–Crippen LogP) is 4.06. The summed E-state index contributed by atoms with van der Waals surface area (Å²) in [6, 6.07) is 0.384. The van der Waals surface area contributed by atoms with E-state index in [2.05, 4.69) is 4.90 Å². The summed E-state index contributed by atoms with van der Waals surface area (Å²) in [5.41, 5.74) is 0. The predicted molar refractivity (Wildman–Crippen MR) is 84.3 cm³/mol. The number of carbonyl (C=O) groups is 1. The van der Waals surface area contributed by atoms with Crippen LogP contribution in [-0.2, 0) is 4.79 Å². The Hall–Kier alpha value is -0.570. The average molecular weight is 293 g/mol. The second-order valence-corrected chi connectivity index (χ2v) is 7.59. The molecule has 3 heteroatoms. The molecule has 3 nitrogen and oxygen atoms in total. The van der Waals surface area contributed by atoms with Crippen LogP contribution in [0.3, 0.4) is 0 Å². The molecule has 0 aromatic rings. The van der Waals surface area contributed by atoms with Crippen LogP contribution in [-0.4, -0.2) is 34.6 Å². The van der Waals surface area contributed by atoms with Gasteiger partial charge in [0.2, 0.25) is 0 Å². The van der Waals surface area contributed by atoms with Crippen LogP contribution in [0, 0.1) is 11.8 Å². The summed E-state index contributed by atoms with van der Waals surface area (Å²) in [6.07, 6.45) is 15.6. The first-order valence-electron chi connectivity index (χ1n) is 9.24. The maximum atomic E-state index is 11.6. The summed E-state index contributed by atoms with van der Waals surface area (Å²) in [5, 5.41) is 9.57. The molecule has 3 aliphatic rings. The second kappa shape index (κ2) is 7.13. The van der Waals surface area contributed by atoms with Gasteiger partial charge < -0.3 is 5.11 Å². The molecule has 120 valence electrons. The molecule has 0 amide bonds. The molecule has 1 aliphatic heterocycles. The fraction of sp³-hybridized carbons (Fsp3) is 0.944. The molecule has 0 spiro atoms. The second-order valence-electron chi connectivity index (χ2n) is 7.59. The van der Waals surface area contributed by atoms with Crippen LogP contribution < -0.4 is 0 Å². The van der Waals surface area contributed by atoms with Crippen molar-refractivity contribution in [3.8, 4) is 0 Å². The highest BCUT2D eigenvalue weighted by Crippen LogP contribution is 2.40. The standard InChI is InChI=1S/C18H31NO2/c20-18(21)17-13-15-9-5-6-10-16(15)19(17)12-11-14-7-3-1-2-4-8-14/h14-17H,1-13H2,(H,20,21). The molecule has 3 atom stereocenters. The summed E-state index contributed by atoms with van der Waals surface area (Å²) >= 11 is 0. The molecular weight excluding hydrogens is 262 g/mol. The monoisotopic (exact) mass is 293 g/mol. The number of carboxylic acids is 1. The molecular formula is C18H31NO2. The van der Waals surface area contributed by atoms with Crippen molar-refractivity contribution in [1.29, 1.82) is 0 Å². The maximum absolute atomic E-state index is 11.6. The van der Waals surface area contributed by atoms with Gasteiger partial charge in [0.1, 0.15) is 6.04 Å². The van der Waals surface area contributed by atoms with Crippen molar-refractivity contribution in [2.45, 2.75) is 89.1 Å². The average Bonchev–Trinajstić information content (AvgIpc) is 2.66. The molecule has 3 rings (SSSR count). The normalized spacial score (nSPS) is 35.3. The Kier molecular flexibility index (Phi) is 5.20. The van der Waals surface area contributed by atoms with Crippen LogP contribution >= 0.6 is 0 Å². The molecule has 1 N–H and O–H groups in total. The molecule has 0 bridgehead atoms. The number of rotatable bonds is 4. The van der Waals surface area contributed by atoms with E-state index in [1.54, 1.807) is 0 Å². The lowest BCUT2D eigenvalue weighted by Gasteiger charge is -2.33. The van der Waals surface area contributed by atoms with Gasteiger partial charge in [-0.25, -0.2) is 0 Å². The number of fused-ring (bicyclic) bond motifs is 1. The van der Waals surface area contributed by atoms with E-state index in [9.17, 15) is 9.90 Å². The first-order chi connectivity index (χ1) is 10.3. The summed E-state index contributed by atoms with van der Waals surface area (Å²) < 4.78 is 0. The van der Waals surface area contributed by atoms with Crippen molar-refractivity contribution in [3.63, 3.8) is 0 Å². The Morgan fingerprint density at radius 2 is 1.62 bits per heavy atom. The van der Waals surface area contributed by atoms with Crippen molar-refractivity contribution >= 4 is 5.97 Å². The van der Waals surface area contributed by atoms with Gasteiger partial charge in [-0.1, -0.05) is 51.4 Å². The third-order valence-corrected chi connectivity index (χ3v) is 6.28. The van der Waals surface area contributed by atoms with E-state index in [1.807, 2.05) is 0 Å². The quantitative estimate of drug-likeness (QED) is 0.794. The lowest BCUT2D eigenvalue weighted by atomic mass is 9.84. The zero-order valence-electron chi connectivity index (χ0n) is 13.3. The Morgan fingerprint density at radius 3 is 2.33 bits per heavy atom. The van der Waals surface area contributed by atoms with Gasteiger partial charge in [-0.05, 0) is 44.1 Å². The van der Waals surface area contributed by atoms with Crippen LogP contribution in [0.25, 0.3) is 0 Å². The smallest absolute Gasteiger partial charge is 0.320 e. The van der Waals surface area contributed by atoms with Crippen LogP contribution in [0.5, 0.6) is 0 Å². The van der Waals surface area contributed by atoms with Gasteiger partial charge >= 0.3 is 5.97 Å². The van der Waals surface area contributed by atoms with Gasteiger partial charge in [0, 0.05) is 6.04 Å². The fourth-order valence-corrected chi connectivity index (χ4v) is 5.10. The van der Waals surface area contributed by atoms with Crippen LogP contribution in [0.2, 0.25) is 0 Å². The summed E-state index contributed by atoms with van der Waals surface area (Å²) in [6.45, 7) is 1.03. The van der Waals surface area contributed by atoms with E-state index >= 15 is 0 Å². The molecule has 21 heavy (non-hydrogen) atoms. The minimum atomic E-state index is -0.578. The van der Waals surface area contributed by atoms with Crippen molar-refractivity contribution in [2.24, 2.45) is 11.8 Å². The number of hydrogen-bond acceptors (Lipinski definition) is 2. The van der Waals surface area contributed by atoms with Gasteiger partial charge in [0.05, 0.1) is 0 Å². The summed E-state index contributed by atoms with van der Waals surface area (Å²) in [7, 11) is 0. The van der Waals surface area contributed by atoms with E-state index < -0.39 is 5.97 Å². The molecule has 3 fully saturated rings. The number of aliphatic carboxylic acids is 1. The maximum Gasteiger partial charge on any atom is 0.320 e. The van der Waals surface area contributed by atoms with E-state index in [0.717, 1.165) is 18.9 Å². The molecule has 0 radical (unpaired) electrons.